The molecule has 7 heteroatoms. The van der Waals surface area contributed by atoms with E-state index in [9.17, 15) is 13.2 Å². The molecular formula is C11H19NO5S. The maximum absolute atomic E-state index is 11.8. The zero-order valence-electron chi connectivity index (χ0n) is 10.5. The van der Waals surface area contributed by atoms with E-state index in [1.54, 1.807) is 0 Å². The average molecular weight is 277 g/mol. The Morgan fingerprint density at radius 2 is 2.33 bits per heavy atom. The summed E-state index contributed by atoms with van der Waals surface area (Å²) in [6, 6.07) is 0. The minimum atomic E-state index is -3.16. The van der Waals surface area contributed by atoms with Crippen LogP contribution in [0.4, 0.5) is 0 Å². The van der Waals surface area contributed by atoms with E-state index >= 15 is 0 Å². The Morgan fingerprint density at radius 3 is 2.83 bits per heavy atom. The van der Waals surface area contributed by atoms with Crippen molar-refractivity contribution in [2.24, 2.45) is 0 Å². The maximum atomic E-state index is 11.8. The van der Waals surface area contributed by atoms with Gasteiger partial charge in [-0.2, -0.15) is 0 Å². The summed E-state index contributed by atoms with van der Waals surface area (Å²) in [4.78, 5) is 11.8. The van der Waals surface area contributed by atoms with Crippen LogP contribution in [0.5, 0.6) is 0 Å². The minimum absolute atomic E-state index is 0.0284. The Labute approximate surface area is 107 Å². The molecule has 2 aliphatic heterocycles. The van der Waals surface area contributed by atoms with E-state index < -0.39 is 21.3 Å². The van der Waals surface area contributed by atoms with Gasteiger partial charge in [-0.25, -0.2) is 8.42 Å². The number of hydrogen-bond acceptors (Lipinski definition) is 6. The molecule has 0 aliphatic carbocycles. The fraction of sp³-hybridized carbons (Fsp3) is 0.909. The van der Waals surface area contributed by atoms with Crippen molar-refractivity contribution in [1.29, 1.82) is 0 Å². The van der Waals surface area contributed by atoms with Crippen LogP contribution in [0.3, 0.4) is 0 Å². The molecule has 2 unspecified atom stereocenters. The summed E-state index contributed by atoms with van der Waals surface area (Å²) in [6.07, 6.45) is 2.29. The summed E-state index contributed by atoms with van der Waals surface area (Å²) >= 11 is 0. The molecule has 0 aromatic heterocycles. The van der Waals surface area contributed by atoms with Crippen molar-refractivity contribution in [3.05, 3.63) is 0 Å². The van der Waals surface area contributed by atoms with E-state index in [2.05, 4.69) is 5.32 Å². The molecule has 18 heavy (non-hydrogen) atoms. The predicted molar refractivity (Wildman–Crippen MR) is 65.0 cm³/mol. The molecule has 0 saturated carbocycles. The second-order valence-electron chi connectivity index (χ2n) is 4.93. The van der Waals surface area contributed by atoms with Crippen LogP contribution in [0.15, 0.2) is 0 Å². The van der Waals surface area contributed by atoms with E-state index in [0.717, 1.165) is 19.4 Å². The lowest BCUT2D eigenvalue weighted by atomic mass is 9.98. The van der Waals surface area contributed by atoms with Gasteiger partial charge in [0, 0.05) is 13.2 Å². The molecule has 104 valence electrons. The molecule has 0 spiro atoms. The largest absolute Gasteiger partial charge is 0.468 e. The molecular weight excluding hydrogens is 258 g/mol. The van der Waals surface area contributed by atoms with Crippen molar-refractivity contribution in [3.8, 4) is 0 Å². The van der Waals surface area contributed by atoms with Crippen molar-refractivity contribution >= 4 is 15.8 Å². The van der Waals surface area contributed by atoms with Gasteiger partial charge in [-0.3, -0.25) is 10.1 Å². The number of hydrogen-bond donors (Lipinski definition) is 1. The van der Waals surface area contributed by atoms with Gasteiger partial charge in [0.15, 0.2) is 9.84 Å². The van der Waals surface area contributed by atoms with Crippen LogP contribution < -0.4 is 5.32 Å². The Balaban J connectivity index is 2.04. The van der Waals surface area contributed by atoms with Crippen molar-refractivity contribution in [3.63, 3.8) is 0 Å². The molecule has 2 heterocycles. The minimum Gasteiger partial charge on any atom is -0.468 e. The van der Waals surface area contributed by atoms with Gasteiger partial charge in [0.2, 0.25) is 0 Å². The highest BCUT2D eigenvalue weighted by Crippen LogP contribution is 2.25. The Morgan fingerprint density at radius 1 is 1.56 bits per heavy atom. The van der Waals surface area contributed by atoms with Gasteiger partial charge < -0.3 is 9.47 Å². The first-order chi connectivity index (χ1) is 8.47. The standard InChI is InChI=1S/C11H19NO5S/c1-16-10(13)11(4-6-18(14,15)8-11)12-7-9-3-2-5-17-9/h9,12H,2-8H2,1H3. The molecule has 2 aliphatic rings. The molecule has 2 atom stereocenters. The van der Waals surface area contributed by atoms with Gasteiger partial charge in [-0.15, -0.1) is 0 Å². The third-order valence-corrected chi connectivity index (χ3v) is 5.33. The molecule has 0 radical (unpaired) electrons. The number of ether oxygens (including phenoxy) is 2. The summed E-state index contributed by atoms with van der Waals surface area (Å²) in [5.74, 6) is -0.651. The second-order valence-corrected chi connectivity index (χ2v) is 7.12. The highest BCUT2D eigenvalue weighted by Gasteiger charge is 2.49. The number of sulfone groups is 1. The Kier molecular flexibility index (Phi) is 3.93. The fourth-order valence-corrected chi connectivity index (χ4v) is 4.45. The lowest BCUT2D eigenvalue weighted by molar-refractivity contribution is -0.147. The summed E-state index contributed by atoms with van der Waals surface area (Å²) in [6.45, 7) is 1.22. The van der Waals surface area contributed by atoms with Crippen LogP contribution in [-0.4, -0.2) is 57.8 Å². The van der Waals surface area contributed by atoms with Gasteiger partial charge >= 0.3 is 5.97 Å². The first-order valence-corrected chi connectivity index (χ1v) is 7.95. The normalized spacial score (nSPS) is 34.6. The summed E-state index contributed by atoms with van der Waals surface area (Å²) in [5.41, 5.74) is -1.08. The molecule has 2 fully saturated rings. The maximum Gasteiger partial charge on any atom is 0.327 e. The third kappa shape index (κ3) is 2.84. The quantitative estimate of drug-likeness (QED) is 0.697. The number of esters is 1. The highest BCUT2D eigenvalue weighted by molar-refractivity contribution is 7.91. The van der Waals surface area contributed by atoms with Gasteiger partial charge in [0.1, 0.15) is 5.54 Å². The van der Waals surface area contributed by atoms with E-state index in [1.165, 1.54) is 7.11 Å². The summed E-state index contributed by atoms with van der Waals surface area (Å²) in [5, 5.41) is 3.06. The Hall–Kier alpha value is -0.660. The number of nitrogens with one attached hydrogen (secondary N) is 1. The van der Waals surface area contributed by atoms with Gasteiger partial charge in [-0.1, -0.05) is 0 Å². The first kappa shape index (κ1) is 13.8. The fourth-order valence-electron chi connectivity index (χ4n) is 2.53. The number of carbonyl (C=O) groups is 1. The topological polar surface area (TPSA) is 81.7 Å². The van der Waals surface area contributed by atoms with Gasteiger partial charge in [0.05, 0.1) is 24.7 Å². The zero-order valence-corrected chi connectivity index (χ0v) is 11.3. The molecule has 2 saturated heterocycles. The van der Waals surface area contributed by atoms with Gasteiger partial charge in [0.25, 0.3) is 0 Å². The lowest BCUT2D eigenvalue weighted by Crippen LogP contribution is -2.55. The lowest BCUT2D eigenvalue weighted by Gasteiger charge is -2.27. The van der Waals surface area contributed by atoms with Crippen LogP contribution in [0.25, 0.3) is 0 Å². The second kappa shape index (κ2) is 5.14. The van der Waals surface area contributed by atoms with Crippen molar-refractivity contribution in [2.45, 2.75) is 30.9 Å². The third-order valence-electron chi connectivity index (χ3n) is 3.57. The molecule has 0 aromatic rings. The monoisotopic (exact) mass is 277 g/mol. The first-order valence-electron chi connectivity index (χ1n) is 6.13. The van der Waals surface area contributed by atoms with E-state index in [0.29, 0.717) is 6.54 Å². The molecule has 2 rings (SSSR count). The predicted octanol–water partition coefficient (Wildman–Crippen LogP) is -0.515. The van der Waals surface area contributed by atoms with Crippen LogP contribution in [0.1, 0.15) is 19.3 Å². The Bertz CT molecular complexity index is 415. The average Bonchev–Trinajstić information content (AvgIpc) is 2.94. The van der Waals surface area contributed by atoms with E-state index in [-0.39, 0.29) is 24.0 Å². The van der Waals surface area contributed by atoms with Crippen LogP contribution >= 0.6 is 0 Å². The molecule has 0 aromatic carbocycles. The molecule has 0 bridgehead atoms. The number of carbonyl (C=O) groups excluding carboxylic acids is 1. The van der Waals surface area contributed by atoms with Crippen LogP contribution in [0.2, 0.25) is 0 Å². The smallest absolute Gasteiger partial charge is 0.327 e. The SMILES string of the molecule is COC(=O)C1(NCC2CCCO2)CCS(=O)(=O)C1. The van der Waals surface area contributed by atoms with Crippen molar-refractivity contribution < 1.29 is 22.7 Å². The van der Waals surface area contributed by atoms with E-state index in [4.69, 9.17) is 9.47 Å². The summed E-state index contributed by atoms with van der Waals surface area (Å²) < 4.78 is 33.4. The van der Waals surface area contributed by atoms with Gasteiger partial charge in [-0.05, 0) is 19.3 Å². The summed E-state index contributed by atoms with van der Waals surface area (Å²) in [7, 11) is -1.88. The number of rotatable bonds is 4. The van der Waals surface area contributed by atoms with Crippen molar-refractivity contribution in [1.82, 2.24) is 5.32 Å². The number of methoxy groups -OCH3 is 1. The van der Waals surface area contributed by atoms with Crippen molar-refractivity contribution in [2.75, 3.05) is 31.8 Å². The zero-order chi connectivity index (χ0) is 13.2. The molecule has 1 N–H and O–H groups in total. The molecule has 0 amide bonds. The van der Waals surface area contributed by atoms with Crippen LogP contribution in [-0.2, 0) is 24.1 Å². The molecule has 6 nitrogen and oxygen atoms in total. The van der Waals surface area contributed by atoms with E-state index in [1.807, 2.05) is 0 Å². The highest BCUT2D eigenvalue weighted by atomic mass is 32.2. The van der Waals surface area contributed by atoms with Crippen LogP contribution in [0, 0.1) is 0 Å².